The quantitative estimate of drug-likeness (QED) is 0.740. The largest absolute Gasteiger partial charge is 0.348 e. The molecule has 2 unspecified atom stereocenters. The lowest BCUT2D eigenvalue weighted by atomic mass is 9.76. The van der Waals surface area contributed by atoms with Gasteiger partial charge in [0, 0.05) is 18.7 Å². The summed E-state index contributed by atoms with van der Waals surface area (Å²) in [5, 5.41) is 3.43. The van der Waals surface area contributed by atoms with E-state index in [0.717, 1.165) is 37.5 Å². The highest BCUT2D eigenvalue weighted by Crippen LogP contribution is 2.49. The maximum absolute atomic E-state index is 14.9. The standard InChI is InChI=1S/C21H30ClFN2O3S/c1-14-8-9-16(23)17(18(14)22)19(21(2)10-4-5-11-21)24-20(26)15-7-6-12-25(13-15)29(3,27)28/h8-9,15,19H,4-7,10-13H2,1-3H3,(H,24,26). The molecule has 1 amide bonds. The zero-order chi connectivity index (χ0) is 21.4. The highest BCUT2D eigenvalue weighted by atomic mass is 35.5. The van der Waals surface area contributed by atoms with Gasteiger partial charge in [0.25, 0.3) is 0 Å². The van der Waals surface area contributed by atoms with Crippen LogP contribution in [0.4, 0.5) is 4.39 Å². The summed E-state index contributed by atoms with van der Waals surface area (Å²) in [5.41, 5.74) is 0.823. The lowest BCUT2D eigenvalue weighted by Gasteiger charge is -2.38. The van der Waals surface area contributed by atoms with Crippen molar-refractivity contribution in [2.45, 2.75) is 58.4 Å². The zero-order valence-corrected chi connectivity index (χ0v) is 18.9. The number of piperidine rings is 1. The maximum atomic E-state index is 14.9. The zero-order valence-electron chi connectivity index (χ0n) is 17.3. The van der Waals surface area contributed by atoms with Crippen LogP contribution in [-0.4, -0.2) is 38.0 Å². The van der Waals surface area contributed by atoms with Gasteiger partial charge in [-0.15, -0.1) is 0 Å². The van der Waals surface area contributed by atoms with Crippen molar-refractivity contribution in [1.82, 2.24) is 9.62 Å². The summed E-state index contributed by atoms with van der Waals surface area (Å²) in [7, 11) is -3.35. The third-order valence-electron chi connectivity index (χ3n) is 6.56. The summed E-state index contributed by atoms with van der Waals surface area (Å²) in [4.78, 5) is 13.2. The molecule has 1 aromatic rings. The summed E-state index contributed by atoms with van der Waals surface area (Å²) in [5.74, 6) is -1.09. The topological polar surface area (TPSA) is 66.5 Å². The number of carbonyl (C=O) groups is 1. The van der Waals surface area contributed by atoms with Crippen molar-refractivity contribution in [1.29, 1.82) is 0 Å². The molecule has 2 fully saturated rings. The lowest BCUT2D eigenvalue weighted by molar-refractivity contribution is -0.127. The lowest BCUT2D eigenvalue weighted by Crippen LogP contribution is -2.48. The minimum Gasteiger partial charge on any atom is -0.348 e. The number of hydrogen-bond donors (Lipinski definition) is 1. The number of carbonyl (C=O) groups excluding carboxylic acids is 1. The van der Waals surface area contributed by atoms with E-state index < -0.39 is 27.8 Å². The van der Waals surface area contributed by atoms with Gasteiger partial charge in [0.15, 0.2) is 0 Å². The molecule has 2 atom stereocenters. The van der Waals surface area contributed by atoms with Gasteiger partial charge < -0.3 is 5.32 Å². The van der Waals surface area contributed by atoms with Gasteiger partial charge in [-0.1, -0.05) is 37.4 Å². The van der Waals surface area contributed by atoms with E-state index in [9.17, 15) is 17.6 Å². The summed E-state index contributed by atoms with van der Waals surface area (Å²) >= 11 is 6.51. The first-order chi connectivity index (χ1) is 13.5. The maximum Gasteiger partial charge on any atom is 0.224 e. The Balaban J connectivity index is 1.91. The van der Waals surface area contributed by atoms with E-state index in [1.54, 1.807) is 6.07 Å². The molecule has 29 heavy (non-hydrogen) atoms. The highest BCUT2D eigenvalue weighted by Gasteiger charge is 2.42. The molecule has 162 valence electrons. The van der Waals surface area contributed by atoms with Gasteiger partial charge in [0.05, 0.1) is 23.2 Å². The average Bonchev–Trinajstić information content (AvgIpc) is 3.11. The van der Waals surface area contributed by atoms with E-state index >= 15 is 0 Å². The Morgan fingerprint density at radius 2 is 1.97 bits per heavy atom. The molecule has 1 saturated heterocycles. The van der Waals surface area contributed by atoms with Crippen LogP contribution in [-0.2, 0) is 14.8 Å². The Labute approximate surface area is 178 Å². The van der Waals surface area contributed by atoms with Crippen LogP contribution in [0.5, 0.6) is 0 Å². The van der Waals surface area contributed by atoms with E-state index in [1.165, 1.54) is 10.4 Å². The molecule has 0 spiro atoms. The molecule has 3 rings (SSSR count). The van der Waals surface area contributed by atoms with Crippen LogP contribution in [0.1, 0.15) is 62.6 Å². The van der Waals surface area contributed by atoms with Crippen LogP contribution in [0.25, 0.3) is 0 Å². The molecule has 1 N–H and O–H groups in total. The van der Waals surface area contributed by atoms with Crippen molar-refractivity contribution in [2.24, 2.45) is 11.3 Å². The van der Waals surface area contributed by atoms with Crippen LogP contribution in [0.3, 0.4) is 0 Å². The van der Waals surface area contributed by atoms with Gasteiger partial charge in [0.2, 0.25) is 15.9 Å². The summed E-state index contributed by atoms with van der Waals surface area (Å²) in [6, 6.07) is 2.50. The Kier molecular flexibility index (Phi) is 6.61. The second kappa shape index (κ2) is 8.52. The third kappa shape index (κ3) is 4.78. The van der Waals surface area contributed by atoms with E-state index in [1.807, 2.05) is 6.92 Å². The van der Waals surface area contributed by atoms with Gasteiger partial charge in [0.1, 0.15) is 5.82 Å². The molecule has 1 aliphatic carbocycles. The summed E-state index contributed by atoms with van der Waals surface area (Å²) in [6.07, 6.45) is 6.22. The van der Waals surface area contributed by atoms with Crippen LogP contribution in [0.15, 0.2) is 12.1 Å². The predicted molar refractivity (Wildman–Crippen MR) is 113 cm³/mol. The number of rotatable bonds is 5. The monoisotopic (exact) mass is 444 g/mol. The van der Waals surface area contributed by atoms with Crippen LogP contribution in [0.2, 0.25) is 5.02 Å². The summed E-state index contributed by atoms with van der Waals surface area (Å²) in [6.45, 7) is 4.50. The predicted octanol–water partition coefficient (Wildman–Crippen LogP) is 4.20. The fourth-order valence-corrected chi connectivity index (χ4v) is 5.90. The normalized spacial score (nSPS) is 23.7. The summed E-state index contributed by atoms with van der Waals surface area (Å²) < 4.78 is 40.1. The number of hydrogen-bond acceptors (Lipinski definition) is 3. The van der Waals surface area contributed by atoms with Crippen molar-refractivity contribution < 1.29 is 17.6 Å². The first-order valence-corrected chi connectivity index (χ1v) is 12.5. The number of nitrogens with zero attached hydrogens (tertiary/aromatic N) is 1. The molecule has 1 heterocycles. The van der Waals surface area contributed by atoms with Crippen molar-refractivity contribution in [3.8, 4) is 0 Å². The number of halogens is 2. The SMILES string of the molecule is Cc1ccc(F)c(C(NC(=O)C2CCCN(S(C)(=O)=O)C2)C2(C)CCCC2)c1Cl. The number of benzene rings is 1. The Morgan fingerprint density at radius 1 is 1.31 bits per heavy atom. The minimum atomic E-state index is -3.35. The Hall–Kier alpha value is -1.18. The molecule has 8 heteroatoms. The number of sulfonamides is 1. The molecule has 0 bridgehead atoms. The smallest absolute Gasteiger partial charge is 0.224 e. The first kappa shape index (κ1) is 22.5. The molecular weight excluding hydrogens is 415 g/mol. The van der Waals surface area contributed by atoms with Gasteiger partial charge in [-0.2, -0.15) is 0 Å². The molecular formula is C21H30ClFN2O3S. The highest BCUT2D eigenvalue weighted by molar-refractivity contribution is 7.88. The van der Waals surface area contributed by atoms with E-state index in [2.05, 4.69) is 12.2 Å². The second-order valence-electron chi connectivity index (χ2n) is 8.85. The van der Waals surface area contributed by atoms with E-state index in [0.29, 0.717) is 30.0 Å². The molecule has 1 aliphatic heterocycles. The van der Waals surface area contributed by atoms with Crippen LogP contribution in [0, 0.1) is 24.1 Å². The number of nitrogens with one attached hydrogen (secondary N) is 1. The first-order valence-electron chi connectivity index (χ1n) is 10.2. The fourth-order valence-electron chi connectivity index (χ4n) is 4.73. The molecule has 0 radical (unpaired) electrons. The number of aryl methyl sites for hydroxylation is 1. The van der Waals surface area contributed by atoms with Crippen molar-refractivity contribution in [2.75, 3.05) is 19.3 Å². The van der Waals surface area contributed by atoms with Crippen molar-refractivity contribution in [3.63, 3.8) is 0 Å². The molecule has 5 nitrogen and oxygen atoms in total. The molecule has 0 aromatic heterocycles. The Bertz CT molecular complexity index is 884. The van der Waals surface area contributed by atoms with E-state index in [4.69, 9.17) is 11.6 Å². The van der Waals surface area contributed by atoms with Crippen LogP contribution < -0.4 is 5.32 Å². The second-order valence-corrected chi connectivity index (χ2v) is 11.2. The van der Waals surface area contributed by atoms with E-state index in [-0.39, 0.29) is 17.9 Å². The number of amides is 1. The average molecular weight is 445 g/mol. The van der Waals surface area contributed by atoms with Gasteiger partial charge >= 0.3 is 0 Å². The van der Waals surface area contributed by atoms with Gasteiger partial charge in [-0.05, 0) is 49.7 Å². The molecule has 1 aromatic carbocycles. The fraction of sp³-hybridized carbons (Fsp3) is 0.667. The Morgan fingerprint density at radius 3 is 2.59 bits per heavy atom. The van der Waals surface area contributed by atoms with Crippen LogP contribution >= 0.6 is 11.6 Å². The van der Waals surface area contributed by atoms with Crippen molar-refractivity contribution in [3.05, 3.63) is 34.1 Å². The molecule has 1 saturated carbocycles. The molecule has 2 aliphatic rings. The minimum absolute atomic E-state index is 0.165. The van der Waals surface area contributed by atoms with Gasteiger partial charge in [-0.3, -0.25) is 4.79 Å². The van der Waals surface area contributed by atoms with Gasteiger partial charge in [-0.25, -0.2) is 17.1 Å². The third-order valence-corrected chi connectivity index (χ3v) is 8.33. The van der Waals surface area contributed by atoms with Crippen molar-refractivity contribution >= 4 is 27.5 Å².